The number of rotatable bonds is 12. The highest BCUT2D eigenvalue weighted by molar-refractivity contribution is 5.83. The highest BCUT2D eigenvalue weighted by Gasteiger charge is 2.62. The summed E-state index contributed by atoms with van der Waals surface area (Å²) < 4.78 is 30.0. The van der Waals surface area contributed by atoms with Gasteiger partial charge in [0.05, 0.1) is 47.5 Å². The fraction of sp³-hybridized carbons (Fsp3) is 0.554. The van der Waals surface area contributed by atoms with Crippen LogP contribution in [0.2, 0.25) is 0 Å². The molecule has 3 aromatic heterocycles. The van der Waals surface area contributed by atoms with E-state index < -0.39 is 65.6 Å². The van der Waals surface area contributed by atoms with E-state index in [1.54, 1.807) is 24.5 Å². The zero-order chi connectivity index (χ0) is 63.6. The number of aliphatic hydroxyl groups is 1. The standard InChI is InChI=1S/C74H90N10O9/c1-43(85)91-61-36-60(50-34-58(87)67(88)63(35-50)90-31-24-44-8-7-28-77-39-44)93-68-52(61)17-15-51-16-18-53-59-12-6-26-74(53)66(70(89)80-55-11-4-3-9-48(55)10-5-25-72(51,68)37-45-13-19-57(86)62(32-45)92-59)69(84-41-49-23-30-78-56(49)42-84)82-71(83-74)81-64-20-14-47-21-27-73(64,54(47)40-76-2)38-46-22-29-79-65(75)33-46/h7-8,13,19,22-23,28,30,32-35,39,41-42,47-48,51-55,59-61,64,66,68-70,76,78-80,86-89H,3-4,6,9,11-12,14-15,17,20-21,24-27,29,31,36-38,40,75H2,1-2H3,(H2,81,82,83)/t47-,48+,51-,52-,53-,54-,55-,59+,60-,61-,64+,66+,68+,69-,70+,72-,73-,74+/m0/s1. The van der Waals surface area contributed by atoms with Crippen molar-refractivity contribution in [1.29, 1.82) is 0 Å². The van der Waals surface area contributed by atoms with Crippen molar-refractivity contribution in [2.75, 3.05) is 26.7 Å². The number of guanidine groups is 1. The average molecular weight is 1260 g/mol. The van der Waals surface area contributed by atoms with E-state index in [4.69, 9.17) is 29.7 Å². The van der Waals surface area contributed by atoms with Crippen LogP contribution in [0.3, 0.4) is 0 Å². The van der Waals surface area contributed by atoms with Crippen molar-refractivity contribution in [3.8, 4) is 52.4 Å². The molecule has 2 aromatic carbocycles. The Morgan fingerprint density at radius 3 is 2.72 bits per heavy atom. The number of carbonyl (C=O) groups excluding carboxylic acids is 1. The van der Waals surface area contributed by atoms with Crippen molar-refractivity contribution >= 4 is 22.8 Å². The lowest BCUT2D eigenvalue weighted by molar-refractivity contribution is -0.219. The maximum absolute atomic E-state index is 13.7. The third kappa shape index (κ3) is 11.4. The van der Waals surface area contributed by atoms with Crippen LogP contribution >= 0.6 is 0 Å². The minimum absolute atomic E-state index is 0.0147. The number of H-pyrrole nitrogens is 1. The molecule has 93 heavy (non-hydrogen) atoms. The molecule has 0 unspecified atom stereocenters. The number of aliphatic imine (C=N–C) groups is 1. The predicted octanol–water partition coefficient (Wildman–Crippen LogP) is 8.77. The van der Waals surface area contributed by atoms with E-state index in [9.17, 15) is 25.2 Å². The molecule has 1 saturated heterocycles. The minimum Gasteiger partial charge on any atom is -0.504 e. The van der Waals surface area contributed by atoms with Gasteiger partial charge in [0.25, 0.3) is 0 Å². The number of aliphatic hydroxyl groups excluding tert-OH is 1. The smallest absolute Gasteiger partial charge is 0.302 e. The first-order valence-corrected chi connectivity index (χ1v) is 34.4. The molecule has 10 aliphatic rings. The summed E-state index contributed by atoms with van der Waals surface area (Å²) in [5.74, 6) is 15.6. The summed E-state index contributed by atoms with van der Waals surface area (Å²) in [6, 6.07) is 14.7. The van der Waals surface area contributed by atoms with Crippen LogP contribution < -0.4 is 41.8 Å². The number of pyridine rings is 1. The Hall–Kier alpha value is -7.81. The van der Waals surface area contributed by atoms with E-state index in [2.05, 4.69) is 102 Å². The molecule has 5 aliphatic carbocycles. The number of carbonyl (C=O) groups is 1. The zero-order valence-electron chi connectivity index (χ0n) is 53.4. The number of aromatic hydroxyl groups is 3. The zero-order valence-corrected chi connectivity index (χ0v) is 53.4. The quantitative estimate of drug-likeness (QED) is 0.0317. The van der Waals surface area contributed by atoms with Crippen LogP contribution in [0.1, 0.15) is 139 Å². The third-order valence-electron chi connectivity index (χ3n) is 23.6. The lowest BCUT2D eigenvalue weighted by atomic mass is 9.55. The normalized spacial score (nSPS) is 35.8. The Balaban J connectivity index is 0.889. The monoisotopic (exact) mass is 1260 g/mol. The average Bonchev–Trinajstić information content (AvgIpc) is 1.57. The summed E-state index contributed by atoms with van der Waals surface area (Å²) in [7, 11) is 2.08. The Bertz CT molecular complexity index is 3810. The second kappa shape index (κ2) is 25.2. The van der Waals surface area contributed by atoms with Crippen molar-refractivity contribution in [3.05, 3.63) is 120 Å². The summed E-state index contributed by atoms with van der Waals surface area (Å²) >= 11 is 0. The van der Waals surface area contributed by atoms with E-state index in [-0.39, 0.29) is 64.9 Å². The first kappa shape index (κ1) is 61.4. The van der Waals surface area contributed by atoms with Crippen LogP contribution in [-0.2, 0) is 27.1 Å². The van der Waals surface area contributed by atoms with Crippen LogP contribution in [0.5, 0.6) is 28.7 Å². The van der Waals surface area contributed by atoms with Gasteiger partial charge in [-0.05, 0) is 179 Å². The molecule has 5 aromatic rings. The lowest BCUT2D eigenvalue weighted by Crippen LogP contribution is -2.73. The molecule has 6 fully saturated rings. The second-order valence-electron chi connectivity index (χ2n) is 28.7. The number of aromatic nitrogens is 3. The number of dihydropyridines is 1. The van der Waals surface area contributed by atoms with E-state index in [1.807, 2.05) is 30.5 Å². The number of nitrogens with one attached hydrogen (secondary N) is 6. The molecule has 19 heteroatoms. The Morgan fingerprint density at radius 2 is 1.87 bits per heavy atom. The molecule has 0 radical (unpaired) electrons. The molecule has 18 atom stereocenters. The summed E-state index contributed by atoms with van der Waals surface area (Å²) in [6.07, 6.45) is 23.7. The van der Waals surface area contributed by atoms with Gasteiger partial charge in [-0.15, -0.1) is 5.92 Å². The van der Waals surface area contributed by atoms with Gasteiger partial charge in [-0.2, -0.15) is 0 Å². The van der Waals surface area contributed by atoms with Gasteiger partial charge in [-0.3, -0.25) is 15.1 Å². The predicted molar refractivity (Wildman–Crippen MR) is 352 cm³/mol. The number of phenols is 3. The topological polar surface area (TPSA) is 267 Å². The number of ether oxygens (including phenoxy) is 4. The van der Waals surface area contributed by atoms with Crippen LogP contribution in [0, 0.1) is 75.9 Å². The summed E-state index contributed by atoms with van der Waals surface area (Å²) in [6.45, 7) is 3.26. The van der Waals surface area contributed by atoms with Gasteiger partial charge >= 0.3 is 5.97 Å². The Labute approximate surface area is 544 Å². The first-order chi connectivity index (χ1) is 45.3. The van der Waals surface area contributed by atoms with E-state index in [0.717, 1.165) is 92.8 Å². The summed E-state index contributed by atoms with van der Waals surface area (Å²) in [5, 5.41) is 69.1. The van der Waals surface area contributed by atoms with Crippen molar-refractivity contribution < 1.29 is 44.2 Å². The van der Waals surface area contributed by atoms with Crippen molar-refractivity contribution in [2.24, 2.45) is 63.0 Å². The Kier molecular flexibility index (Phi) is 16.6. The number of hydrogen-bond donors (Lipinski definition) is 11. The van der Waals surface area contributed by atoms with E-state index >= 15 is 0 Å². The number of aromatic amines is 1. The maximum atomic E-state index is 13.7. The molecule has 6 bridgehead atoms. The van der Waals surface area contributed by atoms with Crippen molar-refractivity contribution in [3.63, 3.8) is 0 Å². The number of nitrogens with two attached hydrogens (primary N) is 1. The number of esters is 1. The molecule has 5 saturated carbocycles. The van der Waals surface area contributed by atoms with Gasteiger partial charge in [0.15, 0.2) is 29.0 Å². The molecular formula is C74H90N10O9. The number of phenolic OH excluding ortho intramolecular Hbond substituents is 3. The maximum Gasteiger partial charge on any atom is 0.302 e. The number of fused-ring (bicyclic) bond motifs is 7. The molecular weight excluding hydrogens is 1170 g/mol. The number of hydrogen-bond acceptors (Lipinski definition) is 17. The van der Waals surface area contributed by atoms with Gasteiger partial charge in [0.2, 0.25) is 5.75 Å². The largest absolute Gasteiger partial charge is 0.504 e. The molecule has 1 spiro atoms. The van der Waals surface area contributed by atoms with Crippen molar-refractivity contribution in [2.45, 2.75) is 177 Å². The SMILES string of the molecule is CNC[C@H]1[C@H]2CC[C@@H](NC3=N[C@@H](n4cc5cc[nH]c5c4)[C@@H]4[C@@H](O)N[C@H]5CCCC[C@@H]5C#CC[C@]56Cc7ccc(O)c(c7)O[C@@H]7CCC[C@@]4(N3)[C@H]7C#C[C@@H]5CC[C@H]3[C@@H](OC(C)=O)C[C@@H](c4cc(O)c(O)c(OCCc5cccnc5)c4)O[C@H]36)[C@]1(CC1=CCNC(N)=C1)CC2. The number of benzene rings is 2. The van der Waals surface area contributed by atoms with E-state index in [1.165, 1.54) is 18.6 Å². The highest BCUT2D eigenvalue weighted by atomic mass is 16.6. The van der Waals surface area contributed by atoms with Crippen LogP contribution in [0.4, 0.5) is 0 Å². The summed E-state index contributed by atoms with van der Waals surface area (Å²) in [5.41, 5.74) is 9.18. The van der Waals surface area contributed by atoms with Crippen LogP contribution in [0.25, 0.3) is 10.9 Å². The number of nitrogens with zero attached hydrogens (tertiary/aromatic N) is 3. The third-order valence-corrected chi connectivity index (χ3v) is 23.6. The molecule has 490 valence electrons. The molecule has 15 rings (SSSR count). The fourth-order valence-corrected chi connectivity index (χ4v) is 19.3. The minimum atomic E-state index is -1.09. The first-order valence-electron chi connectivity index (χ1n) is 34.4. The molecule has 19 nitrogen and oxygen atoms in total. The lowest BCUT2D eigenvalue weighted by Gasteiger charge is -2.57. The second-order valence-corrected chi connectivity index (χ2v) is 28.7. The van der Waals surface area contributed by atoms with Gasteiger partial charge in [0.1, 0.15) is 24.6 Å². The Morgan fingerprint density at radius 1 is 0.968 bits per heavy atom. The fourth-order valence-electron chi connectivity index (χ4n) is 19.3. The molecule has 0 amide bonds. The van der Waals surface area contributed by atoms with Gasteiger partial charge in [-0.25, -0.2) is 4.99 Å². The molecule has 12 N–H and O–H groups in total. The summed E-state index contributed by atoms with van der Waals surface area (Å²) in [4.78, 5) is 27.0. The number of allylic oxidation sites excluding steroid dienone is 2. The molecule has 5 aliphatic heterocycles. The van der Waals surface area contributed by atoms with Crippen LogP contribution in [-0.4, -0.2) is 116 Å². The van der Waals surface area contributed by atoms with Gasteiger partial charge in [-0.1, -0.05) is 48.8 Å². The highest BCUT2D eigenvalue weighted by Crippen LogP contribution is 2.61. The van der Waals surface area contributed by atoms with E-state index in [0.29, 0.717) is 92.8 Å². The van der Waals surface area contributed by atoms with Crippen molar-refractivity contribution in [1.82, 2.24) is 41.1 Å². The molecule has 8 heterocycles. The van der Waals surface area contributed by atoms with Gasteiger partial charge < -0.3 is 75.9 Å². The van der Waals surface area contributed by atoms with Gasteiger partial charge in [0, 0.05) is 104 Å². The van der Waals surface area contributed by atoms with Crippen LogP contribution in [0.15, 0.2) is 108 Å².